The molecule has 1 aromatic heterocycles. The van der Waals surface area contributed by atoms with Crippen molar-refractivity contribution in [1.82, 2.24) is 9.73 Å². The Hall–Kier alpha value is -4.41. The molecule has 3 aromatic carbocycles. The number of carbonyl (C=O) groups is 1. The van der Waals surface area contributed by atoms with Gasteiger partial charge in [0.1, 0.15) is 11.5 Å². The lowest BCUT2D eigenvalue weighted by molar-refractivity contribution is -0.120. The highest BCUT2D eigenvalue weighted by Crippen LogP contribution is 2.27. The standard InChI is InChI=1S/C31H33N3O6S/c1-22-5-9-24(10-6-22)20-34(41(36,37)28-14-7-23(2)8-15-28)21-27-13-12-26(40-27)19-32-33-31(35)18-25-11-16-29(38-3)30(17-25)39-4/h5-17,19H,18,20-21H2,1-4H3,(H,33,35)/b32-19-. The van der Waals surface area contributed by atoms with E-state index in [0.29, 0.717) is 23.0 Å². The molecule has 214 valence electrons. The Morgan fingerprint density at radius 3 is 2.15 bits per heavy atom. The van der Waals surface area contributed by atoms with E-state index >= 15 is 0 Å². The first-order chi connectivity index (χ1) is 19.7. The number of amides is 1. The first-order valence-electron chi connectivity index (χ1n) is 12.9. The Balaban J connectivity index is 1.44. The summed E-state index contributed by atoms with van der Waals surface area (Å²) < 4.78 is 44.9. The number of sulfonamides is 1. The van der Waals surface area contributed by atoms with E-state index in [1.165, 1.54) is 17.6 Å². The van der Waals surface area contributed by atoms with E-state index in [9.17, 15) is 13.2 Å². The van der Waals surface area contributed by atoms with E-state index < -0.39 is 10.0 Å². The second-order valence-electron chi connectivity index (χ2n) is 9.54. The number of methoxy groups -OCH3 is 2. The van der Waals surface area contributed by atoms with Crippen LogP contribution in [0.25, 0.3) is 0 Å². The number of hydrogen-bond acceptors (Lipinski definition) is 7. The zero-order valence-corrected chi connectivity index (χ0v) is 24.3. The average Bonchev–Trinajstić information content (AvgIpc) is 3.41. The molecule has 9 nitrogen and oxygen atoms in total. The monoisotopic (exact) mass is 575 g/mol. The zero-order chi connectivity index (χ0) is 29.4. The van der Waals surface area contributed by atoms with Crippen molar-refractivity contribution in [2.75, 3.05) is 14.2 Å². The van der Waals surface area contributed by atoms with Crippen molar-refractivity contribution >= 4 is 22.1 Å². The topological polar surface area (TPSA) is 110 Å². The molecule has 0 saturated carbocycles. The van der Waals surface area contributed by atoms with Crippen molar-refractivity contribution in [3.8, 4) is 11.5 Å². The normalized spacial score (nSPS) is 11.6. The summed E-state index contributed by atoms with van der Waals surface area (Å²) >= 11 is 0. The van der Waals surface area contributed by atoms with E-state index in [2.05, 4.69) is 10.5 Å². The number of hydrazone groups is 1. The van der Waals surface area contributed by atoms with Gasteiger partial charge in [-0.25, -0.2) is 13.8 Å². The largest absolute Gasteiger partial charge is 0.493 e. The van der Waals surface area contributed by atoms with E-state index in [1.807, 2.05) is 38.1 Å². The summed E-state index contributed by atoms with van der Waals surface area (Å²) in [5.74, 6) is 1.59. The molecule has 41 heavy (non-hydrogen) atoms. The summed E-state index contributed by atoms with van der Waals surface area (Å²) in [6.45, 7) is 4.08. The van der Waals surface area contributed by atoms with Gasteiger partial charge in [-0.15, -0.1) is 0 Å². The zero-order valence-electron chi connectivity index (χ0n) is 23.5. The molecule has 1 amide bonds. The molecule has 1 heterocycles. The molecule has 0 aliphatic carbocycles. The van der Waals surface area contributed by atoms with Crippen LogP contribution in [-0.4, -0.2) is 39.1 Å². The fourth-order valence-corrected chi connectivity index (χ4v) is 5.48. The average molecular weight is 576 g/mol. The summed E-state index contributed by atoms with van der Waals surface area (Å²) in [5, 5.41) is 3.98. The number of rotatable bonds is 12. The third kappa shape index (κ3) is 7.84. The number of nitrogens with one attached hydrogen (secondary N) is 1. The van der Waals surface area contributed by atoms with E-state index in [-0.39, 0.29) is 30.3 Å². The maximum Gasteiger partial charge on any atom is 0.244 e. The lowest BCUT2D eigenvalue weighted by Crippen LogP contribution is -2.30. The summed E-state index contributed by atoms with van der Waals surface area (Å²) in [6, 6.07) is 23.1. The molecule has 0 saturated heterocycles. The minimum absolute atomic E-state index is 0.0174. The van der Waals surface area contributed by atoms with Gasteiger partial charge < -0.3 is 13.9 Å². The maximum atomic E-state index is 13.6. The Kier molecular flexibility index (Phi) is 9.59. The number of nitrogens with zero attached hydrogens (tertiary/aromatic N) is 2. The van der Waals surface area contributed by atoms with Crippen LogP contribution in [0.15, 0.2) is 93.3 Å². The van der Waals surface area contributed by atoms with Crippen LogP contribution >= 0.6 is 0 Å². The number of hydrogen-bond donors (Lipinski definition) is 1. The SMILES string of the molecule is COc1ccc(CC(=O)N/N=C\c2ccc(CN(Cc3ccc(C)cc3)S(=O)(=O)c3ccc(C)cc3)o2)cc1OC. The molecular formula is C31H33N3O6S. The quantitative estimate of drug-likeness (QED) is 0.188. The van der Waals surface area contributed by atoms with Crippen molar-refractivity contribution in [3.63, 3.8) is 0 Å². The van der Waals surface area contributed by atoms with Gasteiger partial charge in [-0.2, -0.15) is 9.41 Å². The molecule has 0 aliphatic heterocycles. The van der Waals surface area contributed by atoms with Gasteiger partial charge in [-0.1, -0.05) is 53.6 Å². The van der Waals surface area contributed by atoms with Crippen LogP contribution in [-0.2, 0) is 34.3 Å². The van der Waals surface area contributed by atoms with Crippen molar-refractivity contribution in [1.29, 1.82) is 0 Å². The third-order valence-electron chi connectivity index (χ3n) is 6.35. The summed E-state index contributed by atoms with van der Waals surface area (Å²) in [4.78, 5) is 12.6. The molecule has 0 fully saturated rings. The van der Waals surface area contributed by atoms with Crippen molar-refractivity contribution in [2.45, 2.75) is 38.3 Å². The number of furan rings is 1. The van der Waals surface area contributed by atoms with E-state index in [4.69, 9.17) is 13.9 Å². The van der Waals surface area contributed by atoms with Gasteiger partial charge in [0.05, 0.1) is 38.3 Å². The van der Waals surface area contributed by atoms with Crippen LogP contribution in [0.2, 0.25) is 0 Å². The Morgan fingerprint density at radius 2 is 1.49 bits per heavy atom. The third-order valence-corrected chi connectivity index (χ3v) is 8.15. The van der Waals surface area contributed by atoms with Crippen LogP contribution in [0, 0.1) is 13.8 Å². The van der Waals surface area contributed by atoms with Gasteiger partial charge in [0, 0.05) is 6.54 Å². The van der Waals surface area contributed by atoms with Crippen LogP contribution < -0.4 is 14.9 Å². The Morgan fingerprint density at radius 1 is 0.854 bits per heavy atom. The van der Waals surface area contributed by atoms with Crippen LogP contribution in [0.5, 0.6) is 11.5 Å². The molecule has 0 spiro atoms. The van der Waals surface area contributed by atoms with Gasteiger partial charge in [0.2, 0.25) is 15.9 Å². The molecule has 0 atom stereocenters. The first-order valence-corrected chi connectivity index (χ1v) is 14.4. The molecule has 0 aliphatic rings. The minimum atomic E-state index is -3.82. The lowest BCUT2D eigenvalue weighted by atomic mass is 10.1. The van der Waals surface area contributed by atoms with Crippen molar-refractivity contribution < 1.29 is 27.1 Å². The van der Waals surface area contributed by atoms with Crippen LogP contribution in [0.1, 0.15) is 33.8 Å². The fourth-order valence-electron chi connectivity index (χ4n) is 4.09. The Labute approximate surface area is 240 Å². The highest BCUT2D eigenvalue weighted by Gasteiger charge is 2.26. The molecule has 10 heteroatoms. The van der Waals surface area contributed by atoms with Crippen molar-refractivity contribution in [3.05, 3.63) is 113 Å². The second-order valence-corrected chi connectivity index (χ2v) is 11.5. The molecule has 0 bridgehead atoms. The highest BCUT2D eigenvalue weighted by molar-refractivity contribution is 7.89. The summed E-state index contributed by atoms with van der Waals surface area (Å²) in [6.07, 6.45) is 1.46. The van der Waals surface area contributed by atoms with E-state index in [1.54, 1.807) is 61.7 Å². The van der Waals surface area contributed by atoms with Gasteiger partial charge in [-0.05, 0) is 61.4 Å². The van der Waals surface area contributed by atoms with Gasteiger partial charge in [0.25, 0.3) is 0 Å². The first kappa shape index (κ1) is 29.6. The van der Waals surface area contributed by atoms with Gasteiger partial charge in [-0.3, -0.25) is 4.79 Å². The summed E-state index contributed by atoms with van der Waals surface area (Å²) in [5.41, 5.74) is 6.13. The molecule has 4 aromatic rings. The fraction of sp³-hybridized carbons (Fsp3) is 0.226. The molecular weight excluding hydrogens is 542 g/mol. The lowest BCUT2D eigenvalue weighted by Gasteiger charge is -2.21. The molecule has 0 unspecified atom stereocenters. The van der Waals surface area contributed by atoms with Crippen LogP contribution in [0.4, 0.5) is 0 Å². The van der Waals surface area contributed by atoms with E-state index in [0.717, 1.165) is 22.3 Å². The second kappa shape index (κ2) is 13.3. The Bertz CT molecular complexity index is 1610. The van der Waals surface area contributed by atoms with Gasteiger partial charge >= 0.3 is 0 Å². The van der Waals surface area contributed by atoms with Gasteiger partial charge in [0.15, 0.2) is 11.5 Å². The number of ether oxygens (including phenoxy) is 2. The predicted octanol–water partition coefficient (Wildman–Crippen LogP) is 5.00. The van der Waals surface area contributed by atoms with Crippen molar-refractivity contribution in [2.24, 2.45) is 5.10 Å². The van der Waals surface area contributed by atoms with Crippen LogP contribution in [0.3, 0.4) is 0 Å². The molecule has 0 radical (unpaired) electrons. The molecule has 1 N–H and O–H groups in total. The smallest absolute Gasteiger partial charge is 0.244 e. The predicted molar refractivity (Wildman–Crippen MR) is 156 cm³/mol. The summed E-state index contributed by atoms with van der Waals surface area (Å²) in [7, 11) is -0.740. The number of aryl methyl sites for hydroxylation is 2. The minimum Gasteiger partial charge on any atom is -0.493 e. The number of benzene rings is 3. The maximum absolute atomic E-state index is 13.6. The number of carbonyl (C=O) groups excluding carboxylic acids is 1. The molecule has 4 rings (SSSR count). The highest BCUT2D eigenvalue weighted by atomic mass is 32.2.